The van der Waals surface area contributed by atoms with Crippen molar-refractivity contribution < 1.29 is 13.2 Å². The van der Waals surface area contributed by atoms with Crippen molar-refractivity contribution in [1.82, 2.24) is 0 Å². The summed E-state index contributed by atoms with van der Waals surface area (Å²) < 4.78 is 22.7. The van der Waals surface area contributed by atoms with Crippen LogP contribution in [0.1, 0.15) is 34.3 Å². The first kappa shape index (κ1) is 13.3. The third-order valence-corrected chi connectivity index (χ3v) is 5.18. The van der Waals surface area contributed by atoms with Gasteiger partial charge in [0.1, 0.15) is 0 Å². The minimum absolute atomic E-state index is 0.00307. The lowest BCUT2D eigenvalue weighted by Gasteiger charge is -2.08. The van der Waals surface area contributed by atoms with Crippen LogP contribution >= 0.6 is 0 Å². The van der Waals surface area contributed by atoms with Gasteiger partial charge in [-0.05, 0) is 38.3 Å². The Kier molecular flexibility index (Phi) is 3.57. The van der Waals surface area contributed by atoms with Gasteiger partial charge >= 0.3 is 0 Å². The zero-order valence-corrected chi connectivity index (χ0v) is 11.6. The Morgan fingerprint density at radius 1 is 1.22 bits per heavy atom. The molecule has 1 saturated heterocycles. The van der Waals surface area contributed by atoms with Crippen molar-refractivity contribution in [3.63, 3.8) is 0 Å². The van der Waals surface area contributed by atoms with Gasteiger partial charge in [-0.1, -0.05) is 17.2 Å². The van der Waals surface area contributed by atoms with Gasteiger partial charge in [0, 0.05) is 12.0 Å². The minimum atomic E-state index is -2.89. The van der Waals surface area contributed by atoms with E-state index in [-0.39, 0.29) is 23.2 Å². The first-order valence-corrected chi connectivity index (χ1v) is 8.00. The Morgan fingerprint density at radius 3 is 2.33 bits per heavy atom. The third kappa shape index (κ3) is 3.19. The quantitative estimate of drug-likeness (QED) is 0.789. The molecule has 1 aromatic rings. The summed E-state index contributed by atoms with van der Waals surface area (Å²) in [5.41, 5.74) is 2.84. The monoisotopic (exact) mass is 266 g/mol. The van der Waals surface area contributed by atoms with Crippen molar-refractivity contribution >= 4 is 15.6 Å². The molecule has 98 valence electrons. The second-order valence-electron chi connectivity index (χ2n) is 5.27. The molecule has 0 N–H and O–H groups in total. The van der Waals surface area contributed by atoms with E-state index in [1.54, 1.807) is 0 Å². The molecule has 2 rings (SSSR count). The van der Waals surface area contributed by atoms with Crippen LogP contribution < -0.4 is 0 Å². The lowest BCUT2D eigenvalue weighted by atomic mass is 9.96. The largest absolute Gasteiger partial charge is 0.294 e. The van der Waals surface area contributed by atoms with Gasteiger partial charge in [-0.25, -0.2) is 8.42 Å². The summed E-state index contributed by atoms with van der Waals surface area (Å²) in [5.74, 6) is 0.466. The van der Waals surface area contributed by atoms with Gasteiger partial charge in [0.25, 0.3) is 0 Å². The Hall–Kier alpha value is -1.16. The molecule has 0 saturated carbocycles. The fourth-order valence-corrected chi connectivity index (χ4v) is 4.41. The maximum absolute atomic E-state index is 12.1. The maximum Gasteiger partial charge on any atom is 0.163 e. The van der Waals surface area contributed by atoms with Gasteiger partial charge in [0.05, 0.1) is 11.5 Å². The van der Waals surface area contributed by atoms with Crippen LogP contribution in [0.25, 0.3) is 0 Å². The normalized spacial score (nSPS) is 22.0. The van der Waals surface area contributed by atoms with Crippen molar-refractivity contribution in [1.29, 1.82) is 0 Å². The molecule has 1 aliphatic heterocycles. The SMILES string of the molecule is Cc1cc(C)cc(C(=O)CC2CCS(=O)(=O)C2)c1. The lowest BCUT2D eigenvalue weighted by molar-refractivity contribution is 0.0965. The van der Waals surface area contributed by atoms with E-state index in [9.17, 15) is 13.2 Å². The molecule has 18 heavy (non-hydrogen) atoms. The summed E-state index contributed by atoms with van der Waals surface area (Å²) in [6, 6.07) is 5.77. The van der Waals surface area contributed by atoms with Crippen LogP contribution in [0.3, 0.4) is 0 Å². The molecule has 1 aliphatic rings. The molecular weight excluding hydrogens is 248 g/mol. The highest BCUT2D eigenvalue weighted by Gasteiger charge is 2.29. The highest BCUT2D eigenvalue weighted by atomic mass is 32.2. The van der Waals surface area contributed by atoms with Crippen LogP contribution in [0, 0.1) is 19.8 Å². The fourth-order valence-electron chi connectivity index (χ4n) is 2.55. The third-order valence-electron chi connectivity index (χ3n) is 3.34. The van der Waals surface area contributed by atoms with E-state index < -0.39 is 9.84 Å². The summed E-state index contributed by atoms with van der Waals surface area (Å²) in [4.78, 5) is 12.1. The van der Waals surface area contributed by atoms with E-state index in [0.717, 1.165) is 11.1 Å². The van der Waals surface area contributed by atoms with Crippen molar-refractivity contribution in [3.05, 3.63) is 34.9 Å². The number of carbonyl (C=O) groups excluding carboxylic acids is 1. The summed E-state index contributed by atoms with van der Waals surface area (Å²) in [7, 11) is -2.89. The van der Waals surface area contributed by atoms with Crippen molar-refractivity contribution in [2.45, 2.75) is 26.7 Å². The zero-order valence-electron chi connectivity index (χ0n) is 10.8. The molecule has 4 heteroatoms. The molecule has 1 heterocycles. The van der Waals surface area contributed by atoms with Crippen LogP contribution in [0.2, 0.25) is 0 Å². The van der Waals surface area contributed by atoms with Gasteiger partial charge in [0.2, 0.25) is 0 Å². The lowest BCUT2D eigenvalue weighted by Crippen LogP contribution is -2.11. The number of benzene rings is 1. The predicted octanol–water partition coefficient (Wildman–Crippen LogP) is 2.31. The summed E-state index contributed by atoms with van der Waals surface area (Å²) >= 11 is 0. The van der Waals surface area contributed by atoms with E-state index in [1.807, 2.05) is 32.0 Å². The number of hydrogen-bond acceptors (Lipinski definition) is 3. The van der Waals surface area contributed by atoms with Gasteiger partial charge in [-0.2, -0.15) is 0 Å². The van der Waals surface area contributed by atoms with E-state index in [1.165, 1.54) is 0 Å². The Labute approximate surface area is 108 Å². The molecule has 0 amide bonds. The molecule has 0 aromatic heterocycles. The first-order chi connectivity index (χ1) is 8.35. The highest BCUT2D eigenvalue weighted by molar-refractivity contribution is 7.91. The Bertz CT molecular complexity index is 552. The van der Waals surface area contributed by atoms with Gasteiger partial charge in [0.15, 0.2) is 15.6 Å². The van der Waals surface area contributed by atoms with E-state index >= 15 is 0 Å². The number of Topliss-reactive ketones (excluding diaryl/α,β-unsaturated/α-hetero) is 1. The van der Waals surface area contributed by atoms with Crippen molar-refractivity contribution in [2.75, 3.05) is 11.5 Å². The molecule has 0 aliphatic carbocycles. The molecule has 1 unspecified atom stereocenters. The number of sulfone groups is 1. The number of ketones is 1. The molecule has 0 radical (unpaired) electrons. The van der Waals surface area contributed by atoms with Crippen LogP contribution in [-0.4, -0.2) is 25.7 Å². The summed E-state index contributed by atoms with van der Waals surface area (Å²) in [6.07, 6.45) is 0.973. The second kappa shape index (κ2) is 4.84. The Morgan fingerprint density at radius 2 is 1.83 bits per heavy atom. The van der Waals surface area contributed by atoms with Crippen molar-refractivity contribution in [3.8, 4) is 0 Å². The average Bonchev–Trinajstić information content (AvgIpc) is 2.56. The van der Waals surface area contributed by atoms with Gasteiger partial charge in [-0.15, -0.1) is 0 Å². The number of rotatable bonds is 3. The van der Waals surface area contributed by atoms with Crippen LogP contribution in [-0.2, 0) is 9.84 Å². The van der Waals surface area contributed by atoms with Crippen LogP contribution in [0.4, 0.5) is 0 Å². The van der Waals surface area contributed by atoms with Crippen LogP contribution in [0.15, 0.2) is 18.2 Å². The zero-order chi connectivity index (χ0) is 13.3. The second-order valence-corrected chi connectivity index (χ2v) is 7.50. The molecule has 1 atom stereocenters. The van der Waals surface area contributed by atoms with Gasteiger partial charge < -0.3 is 0 Å². The number of aryl methyl sites for hydroxylation is 2. The minimum Gasteiger partial charge on any atom is -0.294 e. The average molecular weight is 266 g/mol. The molecule has 0 spiro atoms. The highest BCUT2D eigenvalue weighted by Crippen LogP contribution is 2.23. The molecular formula is C14H18O3S. The maximum atomic E-state index is 12.1. The number of carbonyl (C=O) groups is 1. The van der Waals surface area contributed by atoms with E-state index in [4.69, 9.17) is 0 Å². The summed E-state index contributed by atoms with van der Waals surface area (Å²) in [5, 5.41) is 0. The molecule has 3 nitrogen and oxygen atoms in total. The molecule has 0 bridgehead atoms. The summed E-state index contributed by atoms with van der Waals surface area (Å²) in [6.45, 7) is 3.92. The first-order valence-electron chi connectivity index (χ1n) is 6.18. The van der Waals surface area contributed by atoms with Gasteiger partial charge in [-0.3, -0.25) is 4.79 Å². The molecule has 1 fully saturated rings. The van der Waals surface area contributed by atoms with E-state index in [2.05, 4.69) is 0 Å². The standard InChI is InChI=1S/C14H18O3S/c1-10-5-11(2)7-13(6-10)14(15)8-12-3-4-18(16,17)9-12/h5-7,12H,3-4,8-9H2,1-2H3. The fraction of sp³-hybridized carbons (Fsp3) is 0.500. The smallest absolute Gasteiger partial charge is 0.163 e. The molecule has 1 aromatic carbocycles. The van der Waals surface area contributed by atoms with Crippen LogP contribution in [0.5, 0.6) is 0 Å². The Balaban J connectivity index is 2.08. The number of hydrogen-bond donors (Lipinski definition) is 0. The topological polar surface area (TPSA) is 51.2 Å². The van der Waals surface area contributed by atoms with E-state index in [0.29, 0.717) is 18.4 Å². The predicted molar refractivity (Wildman–Crippen MR) is 71.6 cm³/mol. The van der Waals surface area contributed by atoms with Crippen molar-refractivity contribution in [2.24, 2.45) is 5.92 Å².